The maximum absolute atomic E-state index is 9.09. The van der Waals surface area contributed by atoms with Crippen molar-refractivity contribution < 1.29 is 15.3 Å². The molecule has 0 aromatic rings. The molecule has 0 bridgehead atoms. The summed E-state index contributed by atoms with van der Waals surface area (Å²) < 4.78 is 0. The van der Waals surface area contributed by atoms with Crippen molar-refractivity contribution in [2.24, 2.45) is 5.73 Å². The van der Waals surface area contributed by atoms with Crippen molar-refractivity contribution in [2.45, 2.75) is 12.0 Å². The van der Waals surface area contributed by atoms with Gasteiger partial charge in [-0.1, -0.05) is 0 Å². The second-order valence-electron chi connectivity index (χ2n) is 2.06. The van der Waals surface area contributed by atoms with E-state index in [2.05, 4.69) is 0 Å². The predicted octanol–water partition coefficient (Wildman–Crippen LogP) is -1.95. The highest BCUT2D eigenvalue weighted by molar-refractivity contribution is 4.77. The van der Waals surface area contributed by atoms with Gasteiger partial charge in [0.05, 0.1) is 6.61 Å². The van der Waals surface area contributed by atoms with Gasteiger partial charge in [-0.2, -0.15) is 0 Å². The van der Waals surface area contributed by atoms with Gasteiger partial charge in [-0.05, 0) is 0 Å². The molecule has 0 fully saturated rings. The van der Waals surface area contributed by atoms with E-state index >= 15 is 0 Å². The zero-order valence-corrected chi connectivity index (χ0v) is 5.25. The molecule has 56 valence electrons. The zero-order chi connectivity index (χ0) is 7.33. The first-order valence-electron chi connectivity index (χ1n) is 2.82. The van der Waals surface area contributed by atoms with Crippen LogP contribution in [0.5, 0.6) is 0 Å². The standard InChI is InChI=1S/C5H13NO3/c6-3-5(9,4-8)1-2-7/h7-9H,1-4,6H2. The largest absolute Gasteiger partial charge is 0.396 e. The third-order valence-corrected chi connectivity index (χ3v) is 1.25. The summed E-state index contributed by atoms with van der Waals surface area (Å²) in [5.74, 6) is 0. The molecule has 0 heterocycles. The second kappa shape index (κ2) is 3.79. The number of hydrogen-bond acceptors (Lipinski definition) is 4. The van der Waals surface area contributed by atoms with Crippen molar-refractivity contribution in [3.05, 3.63) is 0 Å². The predicted molar refractivity (Wildman–Crippen MR) is 32.8 cm³/mol. The van der Waals surface area contributed by atoms with Gasteiger partial charge in [0.25, 0.3) is 0 Å². The molecule has 0 spiro atoms. The molecule has 0 aliphatic carbocycles. The first-order chi connectivity index (χ1) is 4.18. The van der Waals surface area contributed by atoms with Crippen molar-refractivity contribution in [1.82, 2.24) is 0 Å². The first kappa shape index (κ1) is 8.84. The Morgan fingerprint density at radius 2 is 1.89 bits per heavy atom. The molecule has 0 saturated heterocycles. The number of aliphatic hydroxyl groups excluding tert-OH is 2. The van der Waals surface area contributed by atoms with E-state index in [0.717, 1.165) is 0 Å². The quantitative estimate of drug-likeness (QED) is 0.361. The summed E-state index contributed by atoms with van der Waals surface area (Å²) in [6.45, 7) is -0.581. The van der Waals surface area contributed by atoms with Crippen LogP contribution in [0.15, 0.2) is 0 Å². The molecule has 1 unspecified atom stereocenters. The lowest BCUT2D eigenvalue weighted by molar-refractivity contribution is -0.0240. The topological polar surface area (TPSA) is 86.7 Å². The normalized spacial score (nSPS) is 17.3. The van der Waals surface area contributed by atoms with Crippen LogP contribution in [-0.4, -0.2) is 40.7 Å². The minimum atomic E-state index is -1.28. The summed E-state index contributed by atoms with van der Waals surface area (Å²) in [6.07, 6.45) is 0.125. The highest BCUT2D eigenvalue weighted by atomic mass is 16.3. The number of rotatable bonds is 4. The lowest BCUT2D eigenvalue weighted by atomic mass is 10.0. The Balaban J connectivity index is 3.62. The maximum atomic E-state index is 9.09. The molecule has 0 aliphatic heterocycles. The monoisotopic (exact) mass is 135 g/mol. The highest BCUT2D eigenvalue weighted by Crippen LogP contribution is 2.04. The van der Waals surface area contributed by atoms with E-state index < -0.39 is 12.2 Å². The maximum Gasteiger partial charge on any atom is 0.102 e. The molecule has 0 aromatic carbocycles. The summed E-state index contributed by atoms with van der Waals surface area (Å²) in [4.78, 5) is 0. The molecular formula is C5H13NO3. The molecule has 0 aromatic heterocycles. The molecule has 4 nitrogen and oxygen atoms in total. The Hall–Kier alpha value is -0.160. The Bertz CT molecular complexity index is 72.6. The molecule has 0 saturated carbocycles. The molecule has 0 amide bonds. The van der Waals surface area contributed by atoms with Crippen LogP contribution in [0.1, 0.15) is 6.42 Å². The second-order valence-corrected chi connectivity index (χ2v) is 2.06. The van der Waals surface area contributed by atoms with Crippen LogP contribution >= 0.6 is 0 Å². The van der Waals surface area contributed by atoms with Gasteiger partial charge >= 0.3 is 0 Å². The van der Waals surface area contributed by atoms with Crippen LogP contribution in [0.2, 0.25) is 0 Å². The van der Waals surface area contributed by atoms with Crippen molar-refractivity contribution in [1.29, 1.82) is 0 Å². The van der Waals surface area contributed by atoms with E-state index in [-0.39, 0.29) is 19.6 Å². The third kappa shape index (κ3) is 2.76. The van der Waals surface area contributed by atoms with Crippen LogP contribution < -0.4 is 5.73 Å². The minimum Gasteiger partial charge on any atom is -0.396 e. The van der Waals surface area contributed by atoms with Crippen LogP contribution in [0.4, 0.5) is 0 Å². The van der Waals surface area contributed by atoms with E-state index in [0.29, 0.717) is 0 Å². The van der Waals surface area contributed by atoms with Gasteiger partial charge in [0.2, 0.25) is 0 Å². The number of hydrogen-bond donors (Lipinski definition) is 4. The van der Waals surface area contributed by atoms with Crippen LogP contribution in [-0.2, 0) is 0 Å². The van der Waals surface area contributed by atoms with E-state index in [1.807, 2.05) is 0 Å². The Morgan fingerprint density at radius 3 is 2.00 bits per heavy atom. The van der Waals surface area contributed by atoms with Crippen LogP contribution in [0.25, 0.3) is 0 Å². The molecule has 1 atom stereocenters. The first-order valence-corrected chi connectivity index (χ1v) is 2.82. The van der Waals surface area contributed by atoms with Gasteiger partial charge in [-0.15, -0.1) is 0 Å². The minimum absolute atomic E-state index is 0.0237. The third-order valence-electron chi connectivity index (χ3n) is 1.25. The van der Waals surface area contributed by atoms with Gasteiger partial charge in [-0.3, -0.25) is 0 Å². The SMILES string of the molecule is NCC(O)(CO)CCO. The Kier molecular flexibility index (Phi) is 3.72. The molecule has 0 rings (SSSR count). The summed E-state index contributed by atoms with van der Waals surface area (Å²) in [6, 6.07) is 0. The molecule has 0 aliphatic rings. The lowest BCUT2D eigenvalue weighted by Gasteiger charge is -2.21. The molecule has 9 heavy (non-hydrogen) atoms. The van der Waals surface area contributed by atoms with E-state index in [4.69, 9.17) is 21.1 Å². The van der Waals surface area contributed by atoms with Crippen molar-refractivity contribution in [2.75, 3.05) is 19.8 Å². The fraction of sp³-hybridized carbons (Fsp3) is 1.00. The molecule has 0 radical (unpaired) electrons. The lowest BCUT2D eigenvalue weighted by Crippen LogP contribution is -2.42. The van der Waals surface area contributed by atoms with Gasteiger partial charge in [0.1, 0.15) is 5.60 Å². The number of nitrogens with two attached hydrogens (primary N) is 1. The zero-order valence-electron chi connectivity index (χ0n) is 5.25. The van der Waals surface area contributed by atoms with Crippen molar-refractivity contribution >= 4 is 0 Å². The summed E-state index contributed by atoms with van der Waals surface area (Å²) in [5.41, 5.74) is 3.80. The highest BCUT2D eigenvalue weighted by Gasteiger charge is 2.22. The molecular weight excluding hydrogens is 122 g/mol. The van der Waals surface area contributed by atoms with E-state index in [1.54, 1.807) is 0 Å². The summed E-state index contributed by atoms with van der Waals surface area (Å²) in [5, 5.41) is 25.9. The summed E-state index contributed by atoms with van der Waals surface area (Å²) >= 11 is 0. The van der Waals surface area contributed by atoms with Crippen molar-refractivity contribution in [3.8, 4) is 0 Å². The van der Waals surface area contributed by atoms with Crippen LogP contribution in [0, 0.1) is 0 Å². The molecule has 4 heteroatoms. The van der Waals surface area contributed by atoms with Crippen molar-refractivity contribution in [3.63, 3.8) is 0 Å². The average Bonchev–Trinajstić information content (AvgIpc) is 1.89. The van der Waals surface area contributed by atoms with Gasteiger partial charge < -0.3 is 21.1 Å². The van der Waals surface area contributed by atoms with E-state index in [1.165, 1.54) is 0 Å². The fourth-order valence-corrected chi connectivity index (χ4v) is 0.454. The Labute approximate surface area is 53.9 Å². The summed E-state index contributed by atoms with van der Waals surface area (Å²) in [7, 11) is 0. The van der Waals surface area contributed by atoms with Crippen LogP contribution in [0.3, 0.4) is 0 Å². The average molecular weight is 135 g/mol. The Morgan fingerprint density at radius 1 is 1.33 bits per heavy atom. The fourth-order valence-electron chi connectivity index (χ4n) is 0.454. The van der Waals surface area contributed by atoms with E-state index in [9.17, 15) is 0 Å². The molecule has 5 N–H and O–H groups in total. The smallest absolute Gasteiger partial charge is 0.102 e. The van der Waals surface area contributed by atoms with Gasteiger partial charge in [-0.25, -0.2) is 0 Å². The van der Waals surface area contributed by atoms with Gasteiger partial charge in [0.15, 0.2) is 0 Å². The number of aliphatic hydroxyl groups is 3. The van der Waals surface area contributed by atoms with Gasteiger partial charge in [0, 0.05) is 19.6 Å².